The Labute approximate surface area is 262 Å². The highest BCUT2D eigenvalue weighted by Gasteiger charge is 2.38. The third kappa shape index (κ3) is 5.41. The number of fused-ring (bicyclic) bond motifs is 4. The molecule has 2 aliphatic carbocycles. The predicted octanol–water partition coefficient (Wildman–Crippen LogP) is 5.76. The number of rotatable bonds is 7. The Balaban J connectivity index is 1.30. The van der Waals surface area contributed by atoms with Gasteiger partial charge >= 0.3 is 6.01 Å². The second-order valence-corrected chi connectivity index (χ2v) is 13.0. The summed E-state index contributed by atoms with van der Waals surface area (Å²) in [6.07, 6.45) is 6.76. The van der Waals surface area contributed by atoms with Gasteiger partial charge in [-0.2, -0.15) is 15.2 Å². The first-order valence-electron chi connectivity index (χ1n) is 16.1. The molecule has 0 spiro atoms. The van der Waals surface area contributed by atoms with Crippen LogP contribution in [0.2, 0.25) is 0 Å². The van der Waals surface area contributed by atoms with E-state index in [1.165, 1.54) is 34.9 Å². The van der Waals surface area contributed by atoms with Crippen molar-refractivity contribution >= 4 is 22.6 Å². The first-order chi connectivity index (χ1) is 21.8. The summed E-state index contributed by atoms with van der Waals surface area (Å²) in [4.78, 5) is 27.7. The molecular formula is C35H38F2N6O2. The topological polar surface area (TPSA) is 85.6 Å². The zero-order chi connectivity index (χ0) is 31.2. The van der Waals surface area contributed by atoms with Crippen molar-refractivity contribution in [2.75, 3.05) is 44.7 Å². The van der Waals surface area contributed by atoms with E-state index in [4.69, 9.17) is 14.7 Å². The molecule has 3 heterocycles. The average Bonchev–Trinajstić information content (AvgIpc) is 3.75. The number of amides is 1. The number of likely N-dealkylation sites (N-methyl/N-ethyl adjacent to an activating group) is 1. The van der Waals surface area contributed by atoms with E-state index in [2.05, 4.69) is 30.7 Å². The minimum absolute atomic E-state index is 0.00962. The van der Waals surface area contributed by atoms with E-state index in [0.29, 0.717) is 47.3 Å². The van der Waals surface area contributed by atoms with Gasteiger partial charge in [-0.3, -0.25) is 4.79 Å². The number of halogens is 2. The second-order valence-electron chi connectivity index (χ2n) is 13.0. The number of nitrogens with zero attached hydrogens (tertiary/aromatic N) is 6. The Bertz CT molecular complexity index is 1710. The van der Waals surface area contributed by atoms with Crippen molar-refractivity contribution in [3.63, 3.8) is 0 Å². The molecule has 1 aromatic heterocycles. The van der Waals surface area contributed by atoms with Crippen LogP contribution in [0, 0.1) is 23.1 Å². The maximum Gasteiger partial charge on any atom is 0.319 e. The molecule has 0 radical (unpaired) electrons. The minimum Gasteiger partial charge on any atom is -0.462 e. The zero-order valence-corrected chi connectivity index (χ0v) is 25.6. The molecule has 7 rings (SSSR count). The van der Waals surface area contributed by atoms with E-state index in [9.17, 15) is 14.4 Å². The smallest absolute Gasteiger partial charge is 0.319 e. The highest BCUT2D eigenvalue weighted by atomic mass is 19.1. The van der Waals surface area contributed by atoms with Gasteiger partial charge in [0.2, 0.25) is 0 Å². The van der Waals surface area contributed by atoms with Gasteiger partial charge in [-0.1, -0.05) is 31.2 Å². The number of ether oxygens (including phenoxy) is 1. The van der Waals surface area contributed by atoms with Crippen molar-refractivity contribution in [2.24, 2.45) is 5.92 Å². The van der Waals surface area contributed by atoms with Gasteiger partial charge in [0.1, 0.15) is 18.2 Å². The zero-order valence-electron chi connectivity index (χ0n) is 25.6. The molecule has 8 nitrogen and oxygen atoms in total. The van der Waals surface area contributed by atoms with Gasteiger partial charge in [0.25, 0.3) is 5.91 Å². The maximum atomic E-state index is 16.3. The maximum absolute atomic E-state index is 16.3. The quantitative estimate of drug-likeness (QED) is 0.314. The second kappa shape index (κ2) is 12.0. The molecule has 4 atom stereocenters. The van der Waals surface area contributed by atoms with Crippen LogP contribution >= 0.6 is 0 Å². The molecule has 2 aliphatic heterocycles. The van der Waals surface area contributed by atoms with Gasteiger partial charge in [-0.15, -0.1) is 0 Å². The van der Waals surface area contributed by atoms with E-state index in [-0.39, 0.29) is 37.4 Å². The fraction of sp³-hybridized carbons (Fsp3) is 0.486. The molecule has 0 N–H and O–H groups in total. The number of piperazine rings is 1. The molecule has 2 unspecified atom stereocenters. The van der Waals surface area contributed by atoms with E-state index in [0.717, 1.165) is 37.8 Å². The van der Waals surface area contributed by atoms with Crippen molar-refractivity contribution < 1.29 is 18.3 Å². The van der Waals surface area contributed by atoms with Crippen LogP contribution in [0.1, 0.15) is 55.6 Å². The van der Waals surface area contributed by atoms with Gasteiger partial charge in [-0.05, 0) is 86.4 Å². The number of nitriles is 1. The third-order valence-electron chi connectivity index (χ3n) is 10.4. The lowest BCUT2D eigenvalue weighted by molar-refractivity contribution is -0.131. The molecule has 4 aliphatic rings. The molecule has 0 bridgehead atoms. The summed E-state index contributed by atoms with van der Waals surface area (Å²) >= 11 is 0. The van der Waals surface area contributed by atoms with Crippen LogP contribution in [0.25, 0.3) is 22.0 Å². The summed E-state index contributed by atoms with van der Waals surface area (Å²) in [5.41, 5.74) is 4.63. The number of carbonyl (C=O) groups is 1. The molecule has 2 aromatic carbocycles. The normalized spacial score (nSPS) is 24.5. The Hall–Kier alpha value is -4.10. The monoisotopic (exact) mass is 612 g/mol. The van der Waals surface area contributed by atoms with Gasteiger partial charge in [-0.25, -0.2) is 8.78 Å². The van der Waals surface area contributed by atoms with Crippen LogP contribution in [0.5, 0.6) is 6.01 Å². The molecule has 1 saturated carbocycles. The molecule has 234 valence electrons. The number of likely N-dealkylation sites (tertiary alicyclic amines) is 1. The fourth-order valence-electron chi connectivity index (χ4n) is 8.14. The van der Waals surface area contributed by atoms with Crippen LogP contribution in [0.4, 0.5) is 14.6 Å². The summed E-state index contributed by atoms with van der Waals surface area (Å²) in [5, 5.41) is 10.0. The predicted molar refractivity (Wildman–Crippen MR) is 168 cm³/mol. The summed E-state index contributed by atoms with van der Waals surface area (Å²) in [7, 11) is 2.08. The average molecular weight is 613 g/mol. The van der Waals surface area contributed by atoms with Gasteiger partial charge < -0.3 is 19.4 Å². The highest BCUT2D eigenvalue weighted by molar-refractivity contribution is 5.94. The SMILES string of the molecule is C=C(F)C(=O)N1CCN(c2nc(OC[C@@H]3CCCN3C)nc3cc(-c4cccc5c4C4CCCC4C5)c(F)cc23)C[C@@H]1CC#N. The number of benzene rings is 2. The lowest BCUT2D eigenvalue weighted by Crippen LogP contribution is -2.55. The summed E-state index contributed by atoms with van der Waals surface area (Å²) in [5.74, 6) is -0.650. The summed E-state index contributed by atoms with van der Waals surface area (Å²) in [6.45, 7) is 5.31. The number of hydrogen-bond donors (Lipinski definition) is 0. The number of anilines is 1. The molecule has 3 aromatic rings. The summed E-state index contributed by atoms with van der Waals surface area (Å²) in [6, 6.07) is 11.6. The van der Waals surface area contributed by atoms with Crippen molar-refractivity contribution in [1.29, 1.82) is 5.26 Å². The molecule has 45 heavy (non-hydrogen) atoms. The van der Waals surface area contributed by atoms with Crippen molar-refractivity contribution in [3.05, 3.63) is 59.7 Å². The van der Waals surface area contributed by atoms with Crippen molar-refractivity contribution in [3.8, 4) is 23.2 Å². The first-order valence-corrected chi connectivity index (χ1v) is 16.1. The van der Waals surface area contributed by atoms with E-state index < -0.39 is 17.8 Å². The lowest BCUT2D eigenvalue weighted by Gasteiger charge is -2.41. The number of carbonyl (C=O) groups excluding carboxylic acids is 1. The standard InChI is InChI=1S/C35H38F2N6O2/c1-21(36)34(44)43-15-14-42(19-24(43)11-12-38)33-29-17-30(37)28(27-10-4-7-23-16-22-6-3-9-26(22)32(23)27)18-31(29)39-35(40-33)45-20-25-8-5-13-41(25)2/h4,7,10,17-18,22,24-26H,1,3,5-6,8-9,11,13-16,19-20H2,2H3/t22?,24-,25-,26?/m0/s1. The Morgan fingerprint density at radius 1 is 1.11 bits per heavy atom. The van der Waals surface area contributed by atoms with Gasteiger partial charge in [0.15, 0.2) is 5.83 Å². The van der Waals surface area contributed by atoms with Crippen LogP contribution in [0.15, 0.2) is 42.7 Å². The summed E-state index contributed by atoms with van der Waals surface area (Å²) < 4.78 is 36.3. The van der Waals surface area contributed by atoms with Crippen LogP contribution in [0.3, 0.4) is 0 Å². The Morgan fingerprint density at radius 3 is 2.76 bits per heavy atom. The highest BCUT2D eigenvalue weighted by Crippen LogP contribution is 2.52. The van der Waals surface area contributed by atoms with Crippen LogP contribution < -0.4 is 9.64 Å². The fourth-order valence-corrected chi connectivity index (χ4v) is 8.14. The van der Waals surface area contributed by atoms with Crippen molar-refractivity contribution in [1.82, 2.24) is 19.8 Å². The molecule has 3 fully saturated rings. The molecule has 10 heteroatoms. The van der Waals surface area contributed by atoms with Gasteiger partial charge in [0.05, 0.1) is 24.0 Å². The Morgan fingerprint density at radius 2 is 1.98 bits per heavy atom. The molecule has 1 amide bonds. The minimum atomic E-state index is -1.06. The van der Waals surface area contributed by atoms with Crippen LogP contribution in [-0.4, -0.2) is 77.6 Å². The molecular weight excluding hydrogens is 574 g/mol. The van der Waals surface area contributed by atoms with Gasteiger partial charge in [0, 0.05) is 36.6 Å². The van der Waals surface area contributed by atoms with E-state index in [1.54, 1.807) is 0 Å². The third-order valence-corrected chi connectivity index (χ3v) is 10.4. The largest absolute Gasteiger partial charge is 0.462 e. The van der Waals surface area contributed by atoms with Crippen LogP contribution in [-0.2, 0) is 11.2 Å². The lowest BCUT2D eigenvalue weighted by atomic mass is 9.89. The number of aromatic nitrogens is 2. The van der Waals surface area contributed by atoms with E-state index in [1.807, 2.05) is 23.1 Å². The number of hydrogen-bond acceptors (Lipinski definition) is 7. The van der Waals surface area contributed by atoms with Crippen molar-refractivity contribution in [2.45, 2.75) is 62.9 Å². The molecule has 2 saturated heterocycles. The Kier molecular flexibility index (Phi) is 7.90. The van der Waals surface area contributed by atoms with E-state index >= 15 is 4.39 Å². The first kappa shape index (κ1) is 29.6.